The van der Waals surface area contributed by atoms with Crippen molar-refractivity contribution in [3.05, 3.63) is 36.0 Å². The fourth-order valence-electron chi connectivity index (χ4n) is 2.49. The monoisotopic (exact) mass is 372 g/mol. The largest absolute Gasteiger partial charge is 0.490 e. The van der Waals surface area contributed by atoms with Crippen LogP contribution in [0.1, 0.15) is 25.5 Å². The lowest BCUT2D eigenvalue weighted by Crippen LogP contribution is -2.20. The molecule has 0 unspecified atom stereocenters. The number of anilines is 2. The van der Waals surface area contributed by atoms with Crippen molar-refractivity contribution in [3.63, 3.8) is 0 Å². The molecule has 0 aliphatic rings. The van der Waals surface area contributed by atoms with Gasteiger partial charge in [-0.2, -0.15) is 5.10 Å². The third kappa shape index (κ3) is 4.49. The lowest BCUT2D eigenvalue weighted by molar-refractivity contribution is -0.120. The van der Waals surface area contributed by atoms with Crippen molar-refractivity contribution in [1.82, 2.24) is 25.5 Å². The first-order valence-corrected chi connectivity index (χ1v) is 8.69. The molecule has 0 atom stereocenters. The van der Waals surface area contributed by atoms with Crippen LogP contribution in [0.15, 0.2) is 24.5 Å². The number of unbranched alkanes of at least 4 members (excludes halogenated alkanes) is 1. The van der Waals surface area contributed by atoms with Crippen molar-refractivity contribution in [2.75, 3.05) is 19.0 Å². The number of benzene rings is 1. The van der Waals surface area contributed by atoms with Crippen molar-refractivity contribution >= 4 is 28.4 Å². The van der Waals surface area contributed by atoms with E-state index in [1.54, 1.807) is 19.2 Å². The van der Waals surface area contributed by atoms with Crippen LogP contribution in [-0.2, 0) is 11.2 Å². The first kappa shape index (κ1) is 18.6. The van der Waals surface area contributed by atoms with E-state index < -0.39 is 5.82 Å². The second-order valence-electron chi connectivity index (χ2n) is 5.97. The maximum atomic E-state index is 14.4. The van der Waals surface area contributed by atoms with Crippen LogP contribution < -0.4 is 15.4 Å². The van der Waals surface area contributed by atoms with E-state index in [4.69, 9.17) is 4.74 Å². The van der Waals surface area contributed by atoms with Gasteiger partial charge in [0.1, 0.15) is 18.0 Å². The zero-order chi connectivity index (χ0) is 19.2. The van der Waals surface area contributed by atoms with Crippen LogP contribution in [0.25, 0.3) is 10.9 Å². The fourth-order valence-corrected chi connectivity index (χ4v) is 2.49. The number of carbonyl (C=O) groups excluding carboxylic acids is 1. The smallest absolute Gasteiger partial charge is 0.225 e. The van der Waals surface area contributed by atoms with Gasteiger partial charge >= 0.3 is 0 Å². The second-order valence-corrected chi connectivity index (χ2v) is 5.97. The van der Waals surface area contributed by atoms with Gasteiger partial charge < -0.3 is 15.4 Å². The summed E-state index contributed by atoms with van der Waals surface area (Å²) in [6.07, 6.45) is 3.37. The van der Waals surface area contributed by atoms with Gasteiger partial charge in [-0.05, 0) is 12.5 Å². The van der Waals surface area contributed by atoms with Gasteiger partial charge in [-0.3, -0.25) is 9.89 Å². The first-order valence-electron chi connectivity index (χ1n) is 8.69. The number of amides is 1. The number of H-pyrrole nitrogens is 1. The van der Waals surface area contributed by atoms with E-state index in [9.17, 15) is 9.18 Å². The molecule has 3 N–H and O–H groups in total. The third-order valence-electron chi connectivity index (χ3n) is 3.95. The molecule has 1 amide bonds. The number of halogens is 1. The summed E-state index contributed by atoms with van der Waals surface area (Å²) in [5.74, 6) is 0.529. The number of fused-ring (bicyclic) bond motifs is 1. The van der Waals surface area contributed by atoms with Crippen LogP contribution in [0.4, 0.5) is 16.0 Å². The fraction of sp³-hybridized carbons (Fsp3) is 0.333. The SMILES string of the molecule is CCCCOc1cc2ncnc(Nc3cc(CC(=O)NC)n[nH]3)c2cc1F. The quantitative estimate of drug-likeness (QED) is 0.525. The Kier molecular flexibility index (Phi) is 5.80. The van der Waals surface area contributed by atoms with Crippen molar-refractivity contribution in [3.8, 4) is 5.75 Å². The number of nitrogens with zero attached hydrogens (tertiary/aromatic N) is 3. The predicted molar refractivity (Wildman–Crippen MR) is 99.5 cm³/mol. The van der Waals surface area contributed by atoms with Crippen LogP contribution in [-0.4, -0.2) is 39.7 Å². The molecule has 9 heteroatoms. The molecule has 0 spiro atoms. The van der Waals surface area contributed by atoms with Gasteiger partial charge in [-0.25, -0.2) is 14.4 Å². The number of hydrogen-bond acceptors (Lipinski definition) is 6. The Balaban J connectivity index is 1.82. The summed E-state index contributed by atoms with van der Waals surface area (Å²) in [4.78, 5) is 19.8. The molecule has 142 valence electrons. The number of aromatic nitrogens is 4. The lowest BCUT2D eigenvalue weighted by Gasteiger charge is -2.10. The zero-order valence-corrected chi connectivity index (χ0v) is 15.2. The molecule has 0 saturated carbocycles. The molecule has 0 saturated heterocycles. The normalized spacial score (nSPS) is 10.8. The molecule has 0 aliphatic carbocycles. The van der Waals surface area contributed by atoms with Gasteiger partial charge in [-0.15, -0.1) is 0 Å². The highest BCUT2D eigenvalue weighted by Gasteiger charge is 2.12. The first-order chi connectivity index (χ1) is 13.1. The molecule has 0 fully saturated rings. The van der Waals surface area contributed by atoms with Gasteiger partial charge in [0.05, 0.1) is 24.2 Å². The number of rotatable bonds is 8. The average Bonchev–Trinajstić information content (AvgIpc) is 3.09. The maximum Gasteiger partial charge on any atom is 0.225 e. The van der Waals surface area contributed by atoms with Gasteiger partial charge in [-0.1, -0.05) is 13.3 Å². The number of likely N-dealkylation sites (N-methyl/N-ethyl adjacent to an activating group) is 1. The summed E-state index contributed by atoms with van der Waals surface area (Å²) in [6, 6.07) is 4.61. The summed E-state index contributed by atoms with van der Waals surface area (Å²) in [7, 11) is 1.57. The van der Waals surface area contributed by atoms with Crippen LogP contribution in [0.2, 0.25) is 0 Å². The summed E-state index contributed by atoms with van der Waals surface area (Å²) in [5.41, 5.74) is 1.14. The van der Waals surface area contributed by atoms with E-state index in [1.165, 1.54) is 12.4 Å². The number of nitrogens with one attached hydrogen (secondary N) is 3. The van der Waals surface area contributed by atoms with E-state index in [0.717, 1.165) is 12.8 Å². The Morgan fingerprint density at radius 1 is 1.30 bits per heavy atom. The second kappa shape index (κ2) is 8.43. The molecule has 2 aromatic heterocycles. The molecule has 1 aromatic carbocycles. The Morgan fingerprint density at radius 3 is 2.93 bits per heavy atom. The Hall–Kier alpha value is -3.23. The maximum absolute atomic E-state index is 14.4. The highest BCUT2D eigenvalue weighted by Crippen LogP contribution is 2.28. The van der Waals surface area contributed by atoms with Crippen molar-refractivity contribution in [2.45, 2.75) is 26.2 Å². The minimum Gasteiger partial charge on any atom is -0.490 e. The number of hydrogen-bond donors (Lipinski definition) is 3. The molecule has 0 bridgehead atoms. The molecule has 8 nitrogen and oxygen atoms in total. The van der Waals surface area contributed by atoms with Gasteiger partial charge in [0.15, 0.2) is 11.6 Å². The molecular formula is C18H21FN6O2. The van der Waals surface area contributed by atoms with E-state index >= 15 is 0 Å². The molecule has 3 rings (SSSR count). The molecular weight excluding hydrogens is 351 g/mol. The molecule has 3 aromatic rings. The number of aromatic amines is 1. The van der Waals surface area contributed by atoms with Crippen molar-refractivity contribution in [2.24, 2.45) is 0 Å². The highest BCUT2D eigenvalue weighted by molar-refractivity contribution is 5.91. The molecule has 27 heavy (non-hydrogen) atoms. The predicted octanol–water partition coefficient (Wildman–Crippen LogP) is 2.70. The number of carbonyl (C=O) groups is 1. The summed E-state index contributed by atoms with van der Waals surface area (Å²) >= 11 is 0. The average molecular weight is 372 g/mol. The zero-order valence-electron chi connectivity index (χ0n) is 15.2. The van der Waals surface area contributed by atoms with Gasteiger partial charge in [0.2, 0.25) is 5.91 Å². The van der Waals surface area contributed by atoms with Crippen molar-refractivity contribution in [1.29, 1.82) is 0 Å². The Bertz CT molecular complexity index is 943. The summed E-state index contributed by atoms with van der Waals surface area (Å²) in [6.45, 7) is 2.50. The van der Waals surface area contributed by atoms with Crippen LogP contribution in [0, 0.1) is 5.82 Å². The number of ether oxygens (including phenoxy) is 1. The van der Waals surface area contributed by atoms with Crippen molar-refractivity contribution < 1.29 is 13.9 Å². The molecule has 0 aliphatic heterocycles. The molecule has 2 heterocycles. The third-order valence-corrected chi connectivity index (χ3v) is 3.95. The minimum atomic E-state index is -0.471. The summed E-state index contributed by atoms with van der Waals surface area (Å²) in [5, 5.41) is 13.0. The van der Waals surface area contributed by atoms with E-state index in [-0.39, 0.29) is 18.1 Å². The lowest BCUT2D eigenvalue weighted by atomic mass is 10.2. The highest BCUT2D eigenvalue weighted by atomic mass is 19.1. The summed E-state index contributed by atoms with van der Waals surface area (Å²) < 4.78 is 19.9. The van der Waals surface area contributed by atoms with E-state index in [1.807, 2.05) is 6.92 Å². The molecule has 0 radical (unpaired) electrons. The van der Waals surface area contributed by atoms with Crippen LogP contribution in [0.3, 0.4) is 0 Å². The van der Waals surface area contributed by atoms with Crippen LogP contribution in [0.5, 0.6) is 5.75 Å². The van der Waals surface area contributed by atoms with E-state index in [2.05, 4.69) is 30.8 Å². The topological polar surface area (TPSA) is 105 Å². The van der Waals surface area contributed by atoms with Crippen LogP contribution >= 0.6 is 0 Å². The Labute approximate surface area is 155 Å². The van der Waals surface area contributed by atoms with Gasteiger partial charge in [0.25, 0.3) is 0 Å². The van der Waals surface area contributed by atoms with Gasteiger partial charge in [0, 0.05) is 24.6 Å². The standard InChI is InChI=1S/C18H21FN6O2/c1-3-4-5-27-15-9-14-12(8-13(15)19)18(22-10-21-14)23-16-6-11(24-25-16)7-17(26)20-2/h6,8-10H,3-5,7H2,1-2H3,(H,20,26)(H2,21,22,23,24,25). The minimum absolute atomic E-state index is 0.141. The Morgan fingerprint density at radius 2 is 2.15 bits per heavy atom. The van der Waals surface area contributed by atoms with E-state index in [0.29, 0.717) is 34.8 Å².